The van der Waals surface area contributed by atoms with Crippen LogP contribution in [-0.2, 0) is 5.41 Å². The third-order valence-corrected chi connectivity index (χ3v) is 35.9. The zero-order valence-corrected chi connectivity index (χ0v) is 79.3. The fourth-order valence-electron chi connectivity index (χ4n) is 22.3. The average Bonchev–Trinajstić information content (AvgIpc) is 1.55. The number of hydrogen-bond donors (Lipinski definition) is 0. The van der Waals surface area contributed by atoms with Crippen molar-refractivity contribution in [1.29, 1.82) is 0 Å². The van der Waals surface area contributed by atoms with E-state index in [-0.39, 0.29) is 5.41 Å². The van der Waals surface area contributed by atoms with Crippen LogP contribution in [0.4, 0.5) is 0 Å². The molecule has 0 atom stereocenters. The summed E-state index contributed by atoms with van der Waals surface area (Å²) in [7, 11) is 0. The summed E-state index contributed by atoms with van der Waals surface area (Å²) in [6.45, 7) is 4.69. The lowest BCUT2D eigenvalue weighted by molar-refractivity contribution is 0.660. The number of thiophene rings is 6. The maximum atomic E-state index is 5.62. The SMILES string of the molecule is CC1(C)c2ccccc2-c2ccc(-c3nc(-n4c5c6ccccc6sc5c5sc6ccccc6c54)nc4ccc5ccccc5c34)cc21.c1ccc(-c2nc(-n3c4c5ccccc5sc4c4sc5ccccc5c43)nc3ccc4ccccc4c23)nc1.c1ccc(-n2c3ccccc3c3cc(-c4nc(-n5c6c7ccccc7sc6c6sc7ccccc7c65)nc5c4ccc4ccccc45)ccc32)cc1. The molecule has 32 rings (SSSR count). The van der Waals surface area contributed by atoms with E-state index < -0.39 is 0 Å². The first kappa shape index (κ1) is 78.9. The highest BCUT2D eigenvalue weighted by Crippen LogP contribution is 2.55. The first-order chi connectivity index (χ1) is 68.7. The van der Waals surface area contributed by atoms with E-state index in [1.54, 1.807) is 0 Å². The van der Waals surface area contributed by atoms with Crippen LogP contribution in [0.2, 0.25) is 0 Å². The molecule has 14 heterocycles. The lowest BCUT2D eigenvalue weighted by atomic mass is 9.81. The first-order valence-electron chi connectivity index (χ1n) is 46.6. The summed E-state index contributed by atoms with van der Waals surface area (Å²) >= 11 is 11.2. The minimum absolute atomic E-state index is 0.111. The van der Waals surface area contributed by atoms with Crippen molar-refractivity contribution in [1.82, 2.24) is 53.2 Å². The largest absolute Gasteiger partial charge is 0.309 e. The number of benzene rings is 17. The molecule has 17 aromatic carbocycles. The molecular formula is C122H71N11S6. The van der Waals surface area contributed by atoms with Gasteiger partial charge in [0.15, 0.2) is 0 Å². The molecule has 0 amide bonds. The Labute approximate surface area is 816 Å². The minimum atomic E-state index is -0.111. The second-order valence-corrected chi connectivity index (χ2v) is 42.7. The minimum Gasteiger partial charge on any atom is -0.309 e. The van der Waals surface area contributed by atoms with Gasteiger partial charge in [-0.15, -0.1) is 68.0 Å². The number of nitrogens with zero attached hydrogens (tertiary/aromatic N) is 11. The Bertz CT molecular complexity index is 10400. The summed E-state index contributed by atoms with van der Waals surface area (Å²) in [4.78, 5) is 37.5. The van der Waals surface area contributed by atoms with E-state index in [4.69, 9.17) is 34.9 Å². The van der Waals surface area contributed by atoms with Crippen molar-refractivity contribution in [3.8, 4) is 68.6 Å². The molecule has 0 N–H and O–H groups in total. The van der Waals surface area contributed by atoms with Crippen molar-refractivity contribution in [2.75, 3.05) is 0 Å². The Morgan fingerprint density at radius 3 is 1.12 bits per heavy atom. The number of aromatic nitrogens is 11. The van der Waals surface area contributed by atoms with Crippen LogP contribution in [0.5, 0.6) is 0 Å². The highest BCUT2D eigenvalue weighted by molar-refractivity contribution is 7.35. The van der Waals surface area contributed by atoms with E-state index >= 15 is 0 Å². The van der Waals surface area contributed by atoms with Gasteiger partial charge in [0.25, 0.3) is 0 Å². The van der Waals surface area contributed by atoms with Crippen molar-refractivity contribution in [3.05, 3.63) is 406 Å². The lowest BCUT2D eigenvalue weighted by Gasteiger charge is -2.22. The molecule has 0 radical (unpaired) electrons. The highest BCUT2D eigenvalue weighted by Gasteiger charge is 2.37. The molecule has 0 spiro atoms. The first-order valence-corrected chi connectivity index (χ1v) is 51.5. The third kappa shape index (κ3) is 11.7. The van der Waals surface area contributed by atoms with Gasteiger partial charge in [0.1, 0.15) is 5.69 Å². The molecule has 11 nitrogen and oxygen atoms in total. The van der Waals surface area contributed by atoms with E-state index in [0.29, 0.717) is 17.8 Å². The van der Waals surface area contributed by atoms with E-state index in [1.165, 1.54) is 177 Å². The second kappa shape index (κ2) is 30.3. The molecule has 139 heavy (non-hydrogen) atoms. The van der Waals surface area contributed by atoms with Gasteiger partial charge >= 0.3 is 0 Å². The molecule has 0 fully saturated rings. The van der Waals surface area contributed by atoms with Gasteiger partial charge in [-0.25, -0.2) is 29.9 Å². The topological polar surface area (TPSA) is 110 Å². The van der Waals surface area contributed by atoms with Crippen LogP contribution < -0.4 is 0 Å². The van der Waals surface area contributed by atoms with Crippen molar-refractivity contribution < 1.29 is 0 Å². The standard InChI is InChI=1S/C46H26N4S2.C43H27N3S2.C33H18N4S2/c1-2-13-29(14-3-1)49-36-19-9-6-16-31(36)35-26-28(23-25-37(35)49)40-34-24-22-27-12-4-5-15-30(27)41(34)48-46(47-40)50-42-32-17-7-10-20-38(32)51-44(42)45-43(50)33-18-8-11-21-39(33)52-45;1-43(2)31-16-8-5-13-27(31)28-21-19-25(23-32(28)43)37-36-26-12-4-3-11-24(26)20-22-33(36)44-42(45-37)46-38-29-14-6-9-17-34(29)47-40(38)41-39(46)30-15-7-10-18-35(30)48-41;1-2-10-20-19(9-1)16-17-23-27(20)28(24-13-7-8-18-34-24)36-33(35-23)37-29-21-11-3-5-14-25(21)38-31(29)32-30(37)22-12-4-6-15-26(22)39-32/h1-26H;3-23H,1-2H3;1-18H. The Balaban J connectivity index is 0.0000000993. The van der Waals surface area contributed by atoms with E-state index in [1.807, 2.05) is 92.4 Å². The molecule has 14 aromatic heterocycles. The molecule has 650 valence electrons. The molecule has 1 aliphatic rings. The summed E-state index contributed by atoms with van der Waals surface area (Å²) < 4.78 is 24.8. The van der Waals surface area contributed by atoms with Crippen molar-refractivity contribution >= 4 is 277 Å². The highest BCUT2D eigenvalue weighted by atomic mass is 32.1. The van der Waals surface area contributed by atoms with Gasteiger partial charge in [-0.1, -0.05) is 299 Å². The zero-order chi connectivity index (χ0) is 91.1. The van der Waals surface area contributed by atoms with Crippen LogP contribution in [0.25, 0.3) is 277 Å². The predicted molar refractivity (Wildman–Crippen MR) is 592 cm³/mol. The van der Waals surface area contributed by atoms with Gasteiger partial charge in [-0.05, 0) is 152 Å². The van der Waals surface area contributed by atoms with Gasteiger partial charge in [0.05, 0.1) is 106 Å². The Morgan fingerprint density at radius 1 is 0.237 bits per heavy atom. The smallest absolute Gasteiger partial charge is 0.235 e. The third-order valence-electron chi connectivity index (χ3n) is 28.4. The average molecular weight is 1880 g/mol. The molecule has 0 aliphatic heterocycles. The maximum absolute atomic E-state index is 5.62. The molecule has 17 heteroatoms. The van der Waals surface area contributed by atoms with Gasteiger partial charge in [0.2, 0.25) is 17.8 Å². The van der Waals surface area contributed by atoms with Gasteiger partial charge in [-0.3, -0.25) is 18.7 Å². The molecule has 0 saturated carbocycles. The van der Waals surface area contributed by atoms with Crippen LogP contribution in [-0.4, -0.2) is 53.2 Å². The monoisotopic (exact) mass is 1880 g/mol. The van der Waals surface area contributed by atoms with E-state index in [2.05, 4.69) is 402 Å². The van der Waals surface area contributed by atoms with Crippen LogP contribution >= 0.6 is 68.0 Å². The fourth-order valence-corrected chi connectivity index (χ4v) is 29.8. The number of rotatable bonds is 7. The summed E-state index contributed by atoms with van der Waals surface area (Å²) in [6.07, 6.45) is 1.83. The number of hydrogen-bond acceptors (Lipinski definition) is 13. The molecule has 0 saturated heterocycles. The predicted octanol–water partition coefficient (Wildman–Crippen LogP) is 34.7. The van der Waals surface area contributed by atoms with Crippen molar-refractivity contribution in [2.45, 2.75) is 19.3 Å². The fraction of sp³-hybridized carbons (Fsp3) is 0.0246. The lowest BCUT2D eigenvalue weighted by Crippen LogP contribution is -2.15. The number of para-hydroxylation sites is 2. The van der Waals surface area contributed by atoms with Gasteiger partial charge in [0, 0.05) is 121 Å². The molecule has 1 aliphatic carbocycles. The van der Waals surface area contributed by atoms with Crippen LogP contribution in [0.3, 0.4) is 0 Å². The van der Waals surface area contributed by atoms with Gasteiger partial charge in [-0.2, -0.15) is 0 Å². The number of pyridine rings is 1. The normalized spacial score (nSPS) is 12.7. The summed E-state index contributed by atoms with van der Waals surface area (Å²) in [6, 6.07) is 139. The van der Waals surface area contributed by atoms with E-state index in [0.717, 1.165) is 93.8 Å². The molecule has 0 unspecified atom stereocenters. The summed E-state index contributed by atoms with van der Waals surface area (Å²) in [5, 5.41) is 19.9. The van der Waals surface area contributed by atoms with Crippen molar-refractivity contribution in [3.63, 3.8) is 0 Å². The number of fused-ring (bicyclic) bond motifs is 36. The van der Waals surface area contributed by atoms with Crippen LogP contribution in [0, 0.1) is 0 Å². The molecular weight excluding hydrogens is 1810 g/mol. The van der Waals surface area contributed by atoms with Crippen molar-refractivity contribution in [2.24, 2.45) is 0 Å². The molecule has 0 bridgehead atoms. The maximum Gasteiger partial charge on any atom is 0.235 e. The Hall–Kier alpha value is -16.4. The Morgan fingerprint density at radius 2 is 0.612 bits per heavy atom. The summed E-state index contributed by atoms with van der Waals surface area (Å²) in [5.41, 5.74) is 24.4. The quantitative estimate of drug-likeness (QED) is 0.146. The summed E-state index contributed by atoms with van der Waals surface area (Å²) in [5.74, 6) is 2.08. The zero-order valence-electron chi connectivity index (χ0n) is 74.4. The Kier molecular flexibility index (Phi) is 17.2. The second-order valence-electron chi connectivity index (χ2n) is 36.4. The molecule has 31 aromatic rings. The van der Waals surface area contributed by atoms with Crippen LogP contribution in [0.15, 0.2) is 394 Å². The van der Waals surface area contributed by atoms with Gasteiger partial charge < -0.3 is 4.57 Å². The van der Waals surface area contributed by atoms with E-state index in [9.17, 15) is 0 Å². The van der Waals surface area contributed by atoms with Crippen LogP contribution in [0.1, 0.15) is 25.0 Å².